The van der Waals surface area contributed by atoms with Crippen LogP contribution in [0.5, 0.6) is 0 Å². The van der Waals surface area contributed by atoms with E-state index in [1.165, 1.54) is 0 Å². The fraction of sp³-hybridized carbons (Fsp3) is 0.600. The standard InChI is InChI=1S/C10H15F3N4S/c1-6(2)16-9(14)15-4-3-8-17-7(5-18-8)10(11,12)13/h5-6H,3-4H2,1-2H3,(H3,14,15,16). The lowest BCUT2D eigenvalue weighted by Crippen LogP contribution is -2.36. The van der Waals surface area contributed by atoms with E-state index in [1.807, 2.05) is 13.8 Å². The van der Waals surface area contributed by atoms with Gasteiger partial charge in [-0.05, 0) is 13.8 Å². The molecule has 0 bridgehead atoms. The molecule has 18 heavy (non-hydrogen) atoms. The zero-order valence-electron chi connectivity index (χ0n) is 10.1. The molecule has 0 aliphatic heterocycles. The van der Waals surface area contributed by atoms with Crippen LogP contribution < -0.4 is 11.1 Å². The number of thiazole rings is 1. The molecule has 0 spiro atoms. The molecule has 0 saturated carbocycles. The maximum Gasteiger partial charge on any atom is 0.434 e. The minimum atomic E-state index is -4.38. The van der Waals surface area contributed by atoms with Gasteiger partial charge in [-0.15, -0.1) is 11.3 Å². The fourth-order valence-corrected chi connectivity index (χ4v) is 1.96. The Kier molecular flexibility index (Phi) is 4.94. The summed E-state index contributed by atoms with van der Waals surface area (Å²) in [6.45, 7) is 4.15. The first-order valence-corrected chi connectivity index (χ1v) is 6.25. The van der Waals surface area contributed by atoms with Gasteiger partial charge in [0.25, 0.3) is 0 Å². The summed E-state index contributed by atoms with van der Waals surface area (Å²) in [5, 5.41) is 4.30. The minimum absolute atomic E-state index is 0.172. The van der Waals surface area contributed by atoms with Crippen molar-refractivity contribution in [3.63, 3.8) is 0 Å². The van der Waals surface area contributed by atoms with Crippen molar-refractivity contribution in [1.82, 2.24) is 10.3 Å². The van der Waals surface area contributed by atoms with E-state index in [0.717, 1.165) is 16.7 Å². The summed E-state index contributed by atoms with van der Waals surface area (Å²) in [4.78, 5) is 7.50. The number of nitrogens with one attached hydrogen (secondary N) is 1. The van der Waals surface area contributed by atoms with Crippen LogP contribution in [0.3, 0.4) is 0 Å². The number of halogens is 3. The van der Waals surface area contributed by atoms with Crippen LogP contribution in [0.2, 0.25) is 0 Å². The van der Waals surface area contributed by atoms with Gasteiger partial charge in [-0.3, -0.25) is 4.99 Å². The van der Waals surface area contributed by atoms with Crippen LogP contribution >= 0.6 is 11.3 Å². The lowest BCUT2D eigenvalue weighted by atomic mass is 10.4. The molecule has 0 aliphatic rings. The summed E-state index contributed by atoms with van der Waals surface area (Å²) in [5.74, 6) is 0.289. The number of rotatable bonds is 4. The summed E-state index contributed by atoms with van der Waals surface area (Å²) in [7, 11) is 0. The molecule has 1 aromatic heterocycles. The third-order valence-corrected chi connectivity index (χ3v) is 2.80. The first-order valence-electron chi connectivity index (χ1n) is 5.37. The van der Waals surface area contributed by atoms with Gasteiger partial charge in [0.15, 0.2) is 11.7 Å². The monoisotopic (exact) mass is 280 g/mol. The summed E-state index contributed by atoms with van der Waals surface area (Å²) >= 11 is 0.980. The van der Waals surface area contributed by atoms with E-state index >= 15 is 0 Å². The molecule has 8 heteroatoms. The summed E-state index contributed by atoms with van der Waals surface area (Å²) in [6.07, 6.45) is -4.03. The molecule has 0 aromatic carbocycles. The van der Waals surface area contributed by atoms with Gasteiger partial charge in [-0.2, -0.15) is 13.2 Å². The predicted molar refractivity (Wildman–Crippen MR) is 65.6 cm³/mol. The van der Waals surface area contributed by atoms with Crippen LogP contribution in [-0.2, 0) is 12.6 Å². The number of aliphatic imine (C=N–C) groups is 1. The average Bonchev–Trinajstić information content (AvgIpc) is 2.64. The van der Waals surface area contributed by atoms with Crippen LogP contribution in [0, 0.1) is 0 Å². The molecule has 1 rings (SSSR count). The van der Waals surface area contributed by atoms with E-state index < -0.39 is 11.9 Å². The Labute approximate surface area is 107 Å². The third kappa shape index (κ3) is 4.91. The molecule has 0 amide bonds. The van der Waals surface area contributed by atoms with E-state index in [9.17, 15) is 13.2 Å². The Morgan fingerprint density at radius 2 is 2.22 bits per heavy atom. The number of alkyl halides is 3. The van der Waals surface area contributed by atoms with E-state index in [4.69, 9.17) is 5.73 Å². The van der Waals surface area contributed by atoms with Crippen molar-refractivity contribution < 1.29 is 13.2 Å². The van der Waals surface area contributed by atoms with Crippen LogP contribution in [-0.4, -0.2) is 23.5 Å². The van der Waals surface area contributed by atoms with Gasteiger partial charge in [-0.1, -0.05) is 0 Å². The number of nitrogens with two attached hydrogens (primary N) is 1. The zero-order chi connectivity index (χ0) is 13.8. The maximum atomic E-state index is 12.3. The minimum Gasteiger partial charge on any atom is -0.370 e. The molecule has 0 atom stereocenters. The van der Waals surface area contributed by atoms with Gasteiger partial charge in [0, 0.05) is 24.4 Å². The van der Waals surface area contributed by atoms with Crippen molar-refractivity contribution in [3.05, 3.63) is 16.1 Å². The van der Waals surface area contributed by atoms with Crippen molar-refractivity contribution in [2.45, 2.75) is 32.5 Å². The van der Waals surface area contributed by atoms with Gasteiger partial charge in [0.05, 0.1) is 5.01 Å². The fourth-order valence-electron chi connectivity index (χ4n) is 1.17. The molecular weight excluding hydrogens is 265 g/mol. The van der Waals surface area contributed by atoms with Gasteiger partial charge in [0.2, 0.25) is 0 Å². The van der Waals surface area contributed by atoms with E-state index in [1.54, 1.807) is 0 Å². The maximum absolute atomic E-state index is 12.3. The molecule has 1 aromatic rings. The van der Waals surface area contributed by atoms with Gasteiger partial charge >= 0.3 is 6.18 Å². The lowest BCUT2D eigenvalue weighted by Gasteiger charge is -2.07. The van der Waals surface area contributed by atoms with Crippen LogP contribution in [0.4, 0.5) is 13.2 Å². The second-order valence-electron chi connectivity index (χ2n) is 3.94. The van der Waals surface area contributed by atoms with Crippen LogP contribution in [0.15, 0.2) is 10.4 Å². The van der Waals surface area contributed by atoms with E-state index in [0.29, 0.717) is 18.0 Å². The Hall–Kier alpha value is -1.31. The largest absolute Gasteiger partial charge is 0.434 e. The van der Waals surface area contributed by atoms with Gasteiger partial charge in [-0.25, -0.2) is 4.98 Å². The molecule has 0 saturated heterocycles. The summed E-state index contributed by atoms with van der Waals surface area (Å²) in [6, 6.07) is 0.172. The normalized spacial score (nSPS) is 13.1. The molecular formula is C10H15F3N4S. The Balaban J connectivity index is 2.47. The molecule has 0 radical (unpaired) electrons. The number of nitrogens with zero attached hydrogens (tertiary/aromatic N) is 2. The first-order chi connectivity index (χ1) is 8.29. The van der Waals surface area contributed by atoms with Crippen LogP contribution in [0.25, 0.3) is 0 Å². The second-order valence-corrected chi connectivity index (χ2v) is 4.88. The highest BCUT2D eigenvalue weighted by Gasteiger charge is 2.33. The second kappa shape index (κ2) is 6.03. The number of aromatic nitrogens is 1. The number of hydrogen-bond acceptors (Lipinski definition) is 3. The highest BCUT2D eigenvalue weighted by molar-refractivity contribution is 7.09. The Bertz CT molecular complexity index is 412. The smallest absolute Gasteiger partial charge is 0.370 e. The summed E-state index contributed by atoms with van der Waals surface area (Å²) in [5.41, 5.74) is 4.71. The molecule has 0 unspecified atom stereocenters. The number of guanidine groups is 1. The SMILES string of the molecule is CC(C)NC(N)=NCCc1nc(C(F)(F)F)cs1. The van der Waals surface area contributed by atoms with E-state index in [-0.39, 0.29) is 12.0 Å². The molecule has 102 valence electrons. The van der Waals surface area contributed by atoms with Gasteiger partial charge in [0.1, 0.15) is 0 Å². The summed E-state index contributed by atoms with van der Waals surface area (Å²) < 4.78 is 36.8. The van der Waals surface area contributed by atoms with Crippen molar-refractivity contribution in [3.8, 4) is 0 Å². The Morgan fingerprint density at radius 1 is 1.56 bits per heavy atom. The first kappa shape index (κ1) is 14.7. The van der Waals surface area contributed by atoms with Crippen molar-refractivity contribution in [1.29, 1.82) is 0 Å². The molecule has 1 heterocycles. The van der Waals surface area contributed by atoms with Crippen molar-refractivity contribution in [2.75, 3.05) is 6.54 Å². The highest BCUT2D eigenvalue weighted by atomic mass is 32.1. The van der Waals surface area contributed by atoms with Crippen molar-refractivity contribution in [2.24, 2.45) is 10.7 Å². The zero-order valence-corrected chi connectivity index (χ0v) is 10.9. The third-order valence-electron chi connectivity index (χ3n) is 1.89. The topological polar surface area (TPSA) is 63.3 Å². The molecule has 4 nitrogen and oxygen atoms in total. The number of hydrogen-bond donors (Lipinski definition) is 2. The Morgan fingerprint density at radius 3 is 2.72 bits per heavy atom. The highest BCUT2D eigenvalue weighted by Crippen LogP contribution is 2.29. The average molecular weight is 280 g/mol. The van der Waals surface area contributed by atoms with Crippen molar-refractivity contribution >= 4 is 17.3 Å². The molecule has 0 aliphatic carbocycles. The van der Waals surface area contributed by atoms with Crippen LogP contribution in [0.1, 0.15) is 24.5 Å². The molecule has 3 N–H and O–H groups in total. The van der Waals surface area contributed by atoms with E-state index in [2.05, 4.69) is 15.3 Å². The lowest BCUT2D eigenvalue weighted by molar-refractivity contribution is -0.140. The van der Waals surface area contributed by atoms with Gasteiger partial charge < -0.3 is 11.1 Å². The quantitative estimate of drug-likeness (QED) is 0.655. The predicted octanol–water partition coefficient (Wildman–Crippen LogP) is 2.02. The molecule has 0 fully saturated rings.